The summed E-state index contributed by atoms with van der Waals surface area (Å²) in [7, 11) is 4.44. The van der Waals surface area contributed by atoms with Crippen LogP contribution >= 0.6 is 0 Å². The zero-order chi connectivity index (χ0) is 13.7. The molecule has 1 aromatic rings. The highest BCUT2D eigenvalue weighted by Gasteiger charge is 2.38. The molecule has 0 spiro atoms. The third-order valence-corrected chi connectivity index (χ3v) is 4.77. The van der Waals surface area contributed by atoms with Crippen LogP contribution in [-0.4, -0.2) is 37.1 Å². The van der Waals surface area contributed by atoms with Crippen molar-refractivity contribution in [3.63, 3.8) is 0 Å². The molecule has 0 radical (unpaired) electrons. The summed E-state index contributed by atoms with van der Waals surface area (Å²) in [5, 5.41) is 3.80. The minimum Gasteiger partial charge on any atom is -0.312 e. The third kappa shape index (κ3) is 3.58. The highest BCUT2D eigenvalue weighted by Crippen LogP contribution is 2.35. The first-order valence-electron chi connectivity index (χ1n) is 7.61. The van der Waals surface area contributed by atoms with E-state index >= 15 is 0 Å². The molecule has 1 aliphatic rings. The van der Waals surface area contributed by atoms with E-state index in [4.69, 9.17) is 0 Å². The lowest BCUT2D eigenvalue weighted by Crippen LogP contribution is -2.57. The van der Waals surface area contributed by atoms with Crippen molar-refractivity contribution in [1.82, 2.24) is 10.2 Å². The van der Waals surface area contributed by atoms with Crippen molar-refractivity contribution in [2.75, 3.05) is 20.6 Å². The fourth-order valence-electron chi connectivity index (χ4n) is 2.96. The average Bonchev–Trinajstić information content (AvgIpc) is 2.36. The lowest BCUT2D eigenvalue weighted by atomic mass is 9.75. The van der Waals surface area contributed by atoms with Gasteiger partial charge in [-0.15, -0.1) is 0 Å². The lowest BCUT2D eigenvalue weighted by molar-refractivity contribution is 0.0569. The van der Waals surface area contributed by atoms with E-state index in [0.29, 0.717) is 11.6 Å². The Morgan fingerprint density at radius 3 is 2.37 bits per heavy atom. The molecule has 19 heavy (non-hydrogen) atoms. The van der Waals surface area contributed by atoms with E-state index in [-0.39, 0.29) is 0 Å². The molecule has 1 aromatic carbocycles. The van der Waals surface area contributed by atoms with Gasteiger partial charge in [-0.25, -0.2) is 0 Å². The van der Waals surface area contributed by atoms with Crippen LogP contribution in [0.15, 0.2) is 30.3 Å². The summed E-state index contributed by atoms with van der Waals surface area (Å²) in [5.74, 6) is 0. The van der Waals surface area contributed by atoms with Gasteiger partial charge in [0.1, 0.15) is 0 Å². The number of nitrogens with zero attached hydrogens (tertiary/aromatic N) is 1. The number of nitrogens with one attached hydrogen (secondary N) is 1. The molecule has 2 nitrogen and oxygen atoms in total. The maximum absolute atomic E-state index is 3.80. The normalized spacial score (nSPS) is 19.2. The van der Waals surface area contributed by atoms with Gasteiger partial charge in [0.05, 0.1) is 0 Å². The zero-order valence-corrected chi connectivity index (χ0v) is 12.7. The summed E-state index contributed by atoms with van der Waals surface area (Å²) in [6.45, 7) is 3.41. The summed E-state index contributed by atoms with van der Waals surface area (Å²) in [5.41, 5.74) is 1.86. The summed E-state index contributed by atoms with van der Waals surface area (Å²) in [6.07, 6.45) is 6.40. The van der Waals surface area contributed by atoms with E-state index in [1.165, 1.54) is 31.2 Å². The van der Waals surface area contributed by atoms with Gasteiger partial charge < -0.3 is 10.2 Å². The first-order valence-corrected chi connectivity index (χ1v) is 7.61. The van der Waals surface area contributed by atoms with Crippen molar-refractivity contribution < 1.29 is 0 Å². The summed E-state index contributed by atoms with van der Waals surface area (Å²) in [6, 6.07) is 11.4. The maximum atomic E-state index is 3.80. The molecule has 0 amide bonds. The zero-order valence-electron chi connectivity index (χ0n) is 12.7. The van der Waals surface area contributed by atoms with Crippen molar-refractivity contribution in [3.05, 3.63) is 35.9 Å². The minimum absolute atomic E-state index is 0.421. The molecule has 1 saturated carbocycles. The van der Waals surface area contributed by atoms with E-state index in [1.54, 1.807) is 0 Å². The first-order chi connectivity index (χ1) is 9.16. The van der Waals surface area contributed by atoms with Gasteiger partial charge >= 0.3 is 0 Å². The van der Waals surface area contributed by atoms with Gasteiger partial charge in [0.2, 0.25) is 0 Å². The standard InChI is InChI=1S/C17H28N2/c1-4-16(13-15-9-6-5-7-10-15)18-14-17(19(2)3)11-8-12-17/h5-7,9-10,16,18H,4,8,11-14H2,1-3H3. The number of rotatable bonds is 7. The van der Waals surface area contributed by atoms with E-state index in [2.05, 4.69) is 61.6 Å². The molecule has 1 aliphatic carbocycles. The lowest BCUT2D eigenvalue weighted by Gasteiger charge is -2.48. The van der Waals surface area contributed by atoms with Crippen LogP contribution in [0.3, 0.4) is 0 Å². The quantitative estimate of drug-likeness (QED) is 0.810. The van der Waals surface area contributed by atoms with Crippen LogP contribution in [0.2, 0.25) is 0 Å². The molecule has 1 N–H and O–H groups in total. The molecule has 0 saturated heterocycles. The highest BCUT2D eigenvalue weighted by molar-refractivity contribution is 5.16. The number of hydrogen-bond acceptors (Lipinski definition) is 2. The summed E-state index contributed by atoms with van der Waals surface area (Å²) >= 11 is 0. The van der Waals surface area contributed by atoms with Gasteiger partial charge in [-0.2, -0.15) is 0 Å². The number of benzene rings is 1. The largest absolute Gasteiger partial charge is 0.312 e. The van der Waals surface area contributed by atoms with E-state index in [9.17, 15) is 0 Å². The Kier molecular flexibility index (Phi) is 5.00. The van der Waals surface area contributed by atoms with Crippen molar-refractivity contribution >= 4 is 0 Å². The average molecular weight is 260 g/mol. The van der Waals surface area contributed by atoms with Crippen LogP contribution < -0.4 is 5.32 Å². The highest BCUT2D eigenvalue weighted by atomic mass is 15.2. The smallest absolute Gasteiger partial charge is 0.0328 e. The third-order valence-electron chi connectivity index (χ3n) is 4.77. The monoisotopic (exact) mass is 260 g/mol. The predicted octanol–water partition coefficient (Wildman–Crippen LogP) is 3.08. The Bertz CT molecular complexity index is 368. The van der Waals surface area contributed by atoms with Crippen molar-refractivity contribution in [2.45, 2.75) is 50.6 Å². The molecule has 106 valence electrons. The number of likely N-dealkylation sites (N-methyl/N-ethyl adjacent to an activating group) is 1. The van der Waals surface area contributed by atoms with Gasteiger partial charge in [-0.3, -0.25) is 0 Å². The minimum atomic E-state index is 0.421. The van der Waals surface area contributed by atoms with Crippen LogP contribution in [0.4, 0.5) is 0 Å². The van der Waals surface area contributed by atoms with E-state index < -0.39 is 0 Å². The molecular formula is C17H28N2. The molecule has 0 heterocycles. The van der Waals surface area contributed by atoms with E-state index in [0.717, 1.165) is 13.0 Å². The molecule has 0 bridgehead atoms. The topological polar surface area (TPSA) is 15.3 Å². The molecular weight excluding hydrogens is 232 g/mol. The first kappa shape index (κ1) is 14.5. The van der Waals surface area contributed by atoms with Gasteiger partial charge in [0.15, 0.2) is 0 Å². The van der Waals surface area contributed by atoms with Crippen LogP contribution in [0.25, 0.3) is 0 Å². The summed E-state index contributed by atoms with van der Waals surface area (Å²) < 4.78 is 0. The predicted molar refractivity (Wildman–Crippen MR) is 82.5 cm³/mol. The van der Waals surface area contributed by atoms with Gasteiger partial charge in [0.25, 0.3) is 0 Å². The van der Waals surface area contributed by atoms with E-state index in [1.807, 2.05) is 0 Å². The second kappa shape index (κ2) is 6.53. The fourth-order valence-corrected chi connectivity index (χ4v) is 2.96. The Hall–Kier alpha value is -0.860. The van der Waals surface area contributed by atoms with Crippen molar-refractivity contribution in [3.8, 4) is 0 Å². The Balaban J connectivity index is 1.86. The fraction of sp³-hybridized carbons (Fsp3) is 0.647. The molecule has 0 aliphatic heterocycles. The Morgan fingerprint density at radius 1 is 1.21 bits per heavy atom. The van der Waals surface area contributed by atoms with Crippen LogP contribution in [0.5, 0.6) is 0 Å². The summed E-state index contributed by atoms with van der Waals surface area (Å²) in [4.78, 5) is 2.42. The van der Waals surface area contributed by atoms with Gasteiger partial charge in [-0.05, 0) is 51.8 Å². The van der Waals surface area contributed by atoms with Crippen LogP contribution in [0, 0.1) is 0 Å². The van der Waals surface area contributed by atoms with Crippen molar-refractivity contribution in [1.29, 1.82) is 0 Å². The molecule has 1 fully saturated rings. The molecule has 1 atom stereocenters. The van der Waals surface area contributed by atoms with Crippen LogP contribution in [-0.2, 0) is 6.42 Å². The molecule has 2 heteroatoms. The maximum Gasteiger partial charge on any atom is 0.0328 e. The van der Waals surface area contributed by atoms with Gasteiger partial charge in [0, 0.05) is 18.1 Å². The molecule has 2 rings (SSSR count). The SMILES string of the molecule is CCC(Cc1ccccc1)NCC1(N(C)C)CCC1. The Labute approximate surface area is 118 Å². The second-order valence-corrected chi connectivity index (χ2v) is 6.15. The molecule has 1 unspecified atom stereocenters. The van der Waals surface area contributed by atoms with Crippen LogP contribution in [0.1, 0.15) is 38.2 Å². The van der Waals surface area contributed by atoms with Crippen molar-refractivity contribution in [2.24, 2.45) is 0 Å². The second-order valence-electron chi connectivity index (χ2n) is 6.15. The van der Waals surface area contributed by atoms with Gasteiger partial charge in [-0.1, -0.05) is 37.3 Å². The number of hydrogen-bond donors (Lipinski definition) is 1. The Morgan fingerprint density at radius 2 is 1.89 bits per heavy atom. The molecule has 0 aromatic heterocycles.